The van der Waals surface area contributed by atoms with E-state index in [1.165, 1.54) is 16.6 Å². The minimum Gasteiger partial charge on any atom is -0.338 e. The van der Waals surface area contributed by atoms with Gasteiger partial charge in [0, 0.05) is 39.9 Å². The Kier molecular flexibility index (Phi) is 3.03. The molecule has 0 saturated heterocycles. The van der Waals surface area contributed by atoms with Crippen molar-refractivity contribution in [2.24, 2.45) is 0 Å². The van der Waals surface area contributed by atoms with Gasteiger partial charge in [-0.25, -0.2) is 0 Å². The van der Waals surface area contributed by atoms with Crippen LogP contribution in [0.1, 0.15) is 19.9 Å². The number of fused-ring (bicyclic) bond motifs is 1. The maximum absolute atomic E-state index is 6.08. The Labute approximate surface area is 117 Å². The fourth-order valence-electron chi connectivity index (χ4n) is 2.50. The summed E-state index contributed by atoms with van der Waals surface area (Å²) >= 11 is 6.08. The summed E-state index contributed by atoms with van der Waals surface area (Å²) in [5.74, 6) is 0. The highest BCUT2D eigenvalue weighted by molar-refractivity contribution is 6.31. The molecule has 96 valence electrons. The van der Waals surface area contributed by atoms with Gasteiger partial charge in [0.15, 0.2) is 0 Å². The summed E-state index contributed by atoms with van der Waals surface area (Å²) in [6, 6.07) is 12.6. The Morgan fingerprint density at radius 3 is 2.68 bits per heavy atom. The molecule has 0 fully saturated rings. The average Bonchev–Trinajstić information content (AvgIpc) is 2.78. The predicted molar refractivity (Wildman–Crippen MR) is 80.6 cm³/mol. The highest BCUT2D eigenvalue weighted by Crippen LogP contribution is 2.32. The van der Waals surface area contributed by atoms with Crippen LogP contribution in [-0.4, -0.2) is 9.55 Å². The van der Waals surface area contributed by atoms with Crippen molar-refractivity contribution in [1.29, 1.82) is 0 Å². The minimum absolute atomic E-state index is 0.383. The monoisotopic (exact) mass is 270 g/mol. The molecule has 0 aliphatic carbocycles. The first-order valence-corrected chi connectivity index (χ1v) is 6.75. The molecule has 0 spiro atoms. The van der Waals surface area contributed by atoms with Crippen LogP contribution >= 0.6 is 11.6 Å². The summed E-state index contributed by atoms with van der Waals surface area (Å²) in [6.07, 6.45) is 3.69. The Morgan fingerprint density at radius 2 is 2.00 bits per heavy atom. The third-order valence-corrected chi connectivity index (χ3v) is 3.51. The number of halogens is 1. The number of aromatic nitrogens is 2. The maximum atomic E-state index is 6.08. The van der Waals surface area contributed by atoms with E-state index in [0.29, 0.717) is 6.04 Å². The van der Waals surface area contributed by atoms with Crippen molar-refractivity contribution in [1.82, 2.24) is 9.55 Å². The van der Waals surface area contributed by atoms with E-state index in [-0.39, 0.29) is 0 Å². The first kappa shape index (κ1) is 12.2. The van der Waals surface area contributed by atoms with Crippen LogP contribution in [-0.2, 0) is 0 Å². The Bertz CT molecular complexity index is 714. The number of rotatable bonds is 2. The lowest BCUT2D eigenvalue weighted by Gasteiger charge is -2.14. The first-order valence-electron chi connectivity index (χ1n) is 6.37. The lowest BCUT2D eigenvalue weighted by molar-refractivity contribution is 0.629. The summed E-state index contributed by atoms with van der Waals surface area (Å²) in [6.45, 7) is 4.38. The van der Waals surface area contributed by atoms with Gasteiger partial charge in [0.1, 0.15) is 0 Å². The van der Waals surface area contributed by atoms with Gasteiger partial charge in [-0.05, 0) is 50.2 Å². The van der Waals surface area contributed by atoms with Gasteiger partial charge < -0.3 is 4.57 Å². The van der Waals surface area contributed by atoms with Crippen LogP contribution in [0.2, 0.25) is 5.02 Å². The molecule has 3 heteroatoms. The van der Waals surface area contributed by atoms with E-state index in [0.717, 1.165) is 10.6 Å². The van der Waals surface area contributed by atoms with Gasteiger partial charge >= 0.3 is 0 Å². The van der Waals surface area contributed by atoms with Gasteiger partial charge in [0.25, 0.3) is 0 Å². The van der Waals surface area contributed by atoms with E-state index in [4.69, 9.17) is 11.6 Å². The molecule has 3 aromatic rings. The number of pyridine rings is 1. The number of benzene rings is 1. The van der Waals surface area contributed by atoms with Gasteiger partial charge in [-0.3, -0.25) is 4.98 Å². The van der Waals surface area contributed by atoms with Crippen molar-refractivity contribution in [3.05, 3.63) is 53.8 Å². The van der Waals surface area contributed by atoms with E-state index in [9.17, 15) is 0 Å². The lowest BCUT2D eigenvalue weighted by atomic mass is 10.2. The number of nitrogens with zero attached hydrogens (tertiary/aromatic N) is 2. The normalized spacial score (nSPS) is 11.4. The predicted octanol–water partition coefficient (Wildman–Crippen LogP) is 4.94. The van der Waals surface area contributed by atoms with Crippen LogP contribution in [0.4, 0.5) is 0 Å². The summed E-state index contributed by atoms with van der Waals surface area (Å²) < 4.78 is 2.32. The van der Waals surface area contributed by atoms with Gasteiger partial charge in [0.2, 0.25) is 0 Å². The molecule has 0 radical (unpaired) electrons. The smallest absolute Gasteiger partial charge is 0.0509 e. The zero-order valence-corrected chi connectivity index (χ0v) is 11.7. The molecule has 0 aliphatic heterocycles. The Balaban J connectivity index is 2.32. The van der Waals surface area contributed by atoms with Crippen LogP contribution in [0.15, 0.2) is 48.8 Å². The van der Waals surface area contributed by atoms with Crippen molar-refractivity contribution in [3.63, 3.8) is 0 Å². The van der Waals surface area contributed by atoms with E-state index < -0.39 is 0 Å². The summed E-state index contributed by atoms with van der Waals surface area (Å²) in [5.41, 5.74) is 3.52. The fraction of sp³-hybridized carbons (Fsp3) is 0.188. The molecule has 2 aromatic heterocycles. The third kappa shape index (κ3) is 2.13. The van der Waals surface area contributed by atoms with E-state index >= 15 is 0 Å². The summed E-state index contributed by atoms with van der Waals surface area (Å²) in [5, 5.41) is 1.94. The first-order chi connectivity index (χ1) is 9.16. The Morgan fingerprint density at radius 1 is 1.16 bits per heavy atom. The molecule has 0 unspecified atom stereocenters. The Hall–Kier alpha value is -1.80. The van der Waals surface area contributed by atoms with Crippen LogP contribution < -0.4 is 0 Å². The second-order valence-corrected chi connectivity index (χ2v) is 5.37. The van der Waals surface area contributed by atoms with Crippen molar-refractivity contribution in [2.45, 2.75) is 19.9 Å². The van der Waals surface area contributed by atoms with Crippen molar-refractivity contribution in [3.8, 4) is 11.3 Å². The molecule has 0 bridgehead atoms. The van der Waals surface area contributed by atoms with Gasteiger partial charge in [-0.1, -0.05) is 11.6 Å². The zero-order chi connectivity index (χ0) is 13.4. The maximum Gasteiger partial charge on any atom is 0.0509 e. The molecule has 2 heterocycles. The SMILES string of the molecule is CC(C)n1c(-c2cccnc2)cc2cc(Cl)ccc21. The average molecular weight is 271 g/mol. The molecule has 19 heavy (non-hydrogen) atoms. The summed E-state index contributed by atoms with van der Waals surface area (Å²) in [7, 11) is 0. The molecule has 3 rings (SSSR count). The molecule has 0 aliphatic rings. The van der Waals surface area contributed by atoms with Crippen molar-refractivity contribution < 1.29 is 0 Å². The van der Waals surface area contributed by atoms with E-state index in [2.05, 4.69) is 41.6 Å². The topological polar surface area (TPSA) is 17.8 Å². The molecule has 0 amide bonds. The number of hydrogen-bond donors (Lipinski definition) is 0. The highest BCUT2D eigenvalue weighted by Gasteiger charge is 2.13. The fourth-order valence-corrected chi connectivity index (χ4v) is 2.68. The second-order valence-electron chi connectivity index (χ2n) is 4.94. The van der Waals surface area contributed by atoms with Crippen molar-refractivity contribution in [2.75, 3.05) is 0 Å². The van der Waals surface area contributed by atoms with E-state index in [1.54, 1.807) is 6.20 Å². The third-order valence-electron chi connectivity index (χ3n) is 3.27. The molecular weight excluding hydrogens is 256 g/mol. The highest BCUT2D eigenvalue weighted by atomic mass is 35.5. The quantitative estimate of drug-likeness (QED) is 0.645. The largest absolute Gasteiger partial charge is 0.338 e. The molecule has 1 aromatic carbocycles. The van der Waals surface area contributed by atoms with Gasteiger partial charge in [-0.15, -0.1) is 0 Å². The van der Waals surface area contributed by atoms with Gasteiger partial charge in [-0.2, -0.15) is 0 Å². The standard InChI is InChI=1S/C16H15ClN2/c1-11(2)19-15-6-5-14(17)8-13(15)9-16(19)12-4-3-7-18-10-12/h3-11H,1-2H3. The molecule has 0 N–H and O–H groups in total. The van der Waals surface area contributed by atoms with Crippen LogP contribution in [0.5, 0.6) is 0 Å². The van der Waals surface area contributed by atoms with Crippen LogP contribution in [0.3, 0.4) is 0 Å². The van der Waals surface area contributed by atoms with E-state index in [1.807, 2.05) is 24.4 Å². The molecule has 0 saturated carbocycles. The van der Waals surface area contributed by atoms with Crippen LogP contribution in [0, 0.1) is 0 Å². The second kappa shape index (κ2) is 4.71. The van der Waals surface area contributed by atoms with Crippen molar-refractivity contribution >= 4 is 22.5 Å². The van der Waals surface area contributed by atoms with Crippen LogP contribution in [0.25, 0.3) is 22.2 Å². The molecule has 2 nitrogen and oxygen atoms in total. The lowest BCUT2D eigenvalue weighted by Crippen LogP contribution is -2.02. The molecule has 0 atom stereocenters. The number of hydrogen-bond acceptors (Lipinski definition) is 1. The summed E-state index contributed by atoms with van der Waals surface area (Å²) in [4.78, 5) is 4.21. The minimum atomic E-state index is 0.383. The molecular formula is C16H15ClN2. The van der Waals surface area contributed by atoms with Gasteiger partial charge in [0.05, 0.1) is 5.69 Å². The zero-order valence-electron chi connectivity index (χ0n) is 11.0.